The lowest BCUT2D eigenvalue weighted by Crippen LogP contribution is -2.28. The topological polar surface area (TPSA) is 0 Å². The molecule has 0 saturated heterocycles. The van der Waals surface area contributed by atoms with E-state index in [1.54, 1.807) is 0 Å². The van der Waals surface area contributed by atoms with Crippen LogP contribution in [0.15, 0.2) is 43.0 Å². The highest BCUT2D eigenvalue weighted by atomic mass is 14.4. The molecule has 1 aromatic carbocycles. The molecule has 0 bridgehead atoms. The first kappa shape index (κ1) is 14.1. The van der Waals surface area contributed by atoms with Gasteiger partial charge in [0.1, 0.15) is 0 Å². The number of hydrogen-bond acceptors (Lipinski definition) is 0. The van der Waals surface area contributed by atoms with Crippen molar-refractivity contribution >= 4 is 6.08 Å². The summed E-state index contributed by atoms with van der Waals surface area (Å²) in [5, 5.41) is 0. The Kier molecular flexibility index (Phi) is 4.29. The van der Waals surface area contributed by atoms with Crippen LogP contribution in [-0.4, -0.2) is 0 Å². The molecular weight excluding hydrogens is 228 g/mol. The van der Waals surface area contributed by atoms with Crippen LogP contribution < -0.4 is 0 Å². The zero-order valence-corrected chi connectivity index (χ0v) is 12.5. The number of rotatable bonds is 3. The molecular formula is C19H26. The molecule has 4 atom stereocenters. The molecule has 19 heavy (non-hydrogen) atoms. The van der Waals surface area contributed by atoms with Gasteiger partial charge in [-0.15, -0.1) is 0 Å². The zero-order chi connectivity index (χ0) is 14.0. The van der Waals surface area contributed by atoms with Crippen LogP contribution in [0.4, 0.5) is 0 Å². The molecule has 0 heterocycles. The zero-order valence-electron chi connectivity index (χ0n) is 12.5. The van der Waals surface area contributed by atoms with Crippen LogP contribution in [0.25, 0.3) is 6.08 Å². The average Bonchev–Trinajstić information content (AvgIpc) is 2.41. The van der Waals surface area contributed by atoms with Gasteiger partial charge >= 0.3 is 0 Å². The van der Waals surface area contributed by atoms with E-state index in [1.165, 1.54) is 29.5 Å². The van der Waals surface area contributed by atoms with Crippen molar-refractivity contribution in [3.05, 3.63) is 54.1 Å². The Morgan fingerprint density at radius 1 is 1.16 bits per heavy atom. The monoisotopic (exact) mass is 254 g/mol. The Bertz CT molecular complexity index is 451. The van der Waals surface area contributed by atoms with Crippen molar-refractivity contribution in [3.8, 4) is 0 Å². The van der Waals surface area contributed by atoms with E-state index in [-0.39, 0.29) is 0 Å². The maximum Gasteiger partial charge on any atom is -0.0128 e. The second-order valence-electron chi connectivity index (χ2n) is 6.33. The van der Waals surface area contributed by atoms with Crippen molar-refractivity contribution in [3.63, 3.8) is 0 Å². The molecule has 2 rings (SSSR count). The molecule has 1 aliphatic carbocycles. The lowest BCUT2D eigenvalue weighted by atomic mass is 9.65. The van der Waals surface area contributed by atoms with Crippen LogP contribution in [0.3, 0.4) is 0 Å². The van der Waals surface area contributed by atoms with Gasteiger partial charge in [-0.1, -0.05) is 62.9 Å². The molecule has 0 aromatic heterocycles. The summed E-state index contributed by atoms with van der Waals surface area (Å²) >= 11 is 0. The molecule has 102 valence electrons. The van der Waals surface area contributed by atoms with Gasteiger partial charge in [-0.2, -0.15) is 0 Å². The van der Waals surface area contributed by atoms with Crippen LogP contribution >= 0.6 is 0 Å². The quantitative estimate of drug-likeness (QED) is 0.609. The van der Waals surface area contributed by atoms with Crippen LogP contribution in [-0.2, 0) is 0 Å². The second kappa shape index (κ2) is 5.77. The molecule has 1 saturated carbocycles. The molecule has 1 aliphatic rings. The molecule has 1 fully saturated rings. The third-order valence-electron chi connectivity index (χ3n) is 5.02. The first-order valence-electron chi connectivity index (χ1n) is 7.40. The third kappa shape index (κ3) is 3.00. The largest absolute Gasteiger partial charge is 0.0999 e. The second-order valence-corrected chi connectivity index (χ2v) is 6.33. The fraction of sp³-hybridized carbons (Fsp3) is 0.474. The summed E-state index contributed by atoms with van der Waals surface area (Å²) < 4.78 is 0. The van der Waals surface area contributed by atoms with Crippen molar-refractivity contribution in [2.24, 2.45) is 17.8 Å². The Morgan fingerprint density at radius 2 is 1.79 bits per heavy atom. The van der Waals surface area contributed by atoms with E-state index < -0.39 is 0 Å². The number of allylic oxidation sites excluding steroid dienone is 1. The molecule has 0 spiro atoms. The van der Waals surface area contributed by atoms with Crippen LogP contribution in [0.5, 0.6) is 0 Å². The van der Waals surface area contributed by atoms with E-state index in [4.69, 9.17) is 0 Å². The van der Waals surface area contributed by atoms with E-state index in [1.807, 2.05) is 6.08 Å². The van der Waals surface area contributed by atoms with Crippen molar-refractivity contribution < 1.29 is 0 Å². The van der Waals surface area contributed by atoms with Crippen LogP contribution in [0.1, 0.15) is 50.7 Å². The van der Waals surface area contributed by atoms with Gasteiger partial charge in [0.25, 0.3) is 0 Å². The van der Waals surface area contributed by atoms with Crippen LogP contribution in [0, 0.1) is 17.8 Å². The minimum Gasteiger partial charge on any atom is -0.0999 e. The van der Waals surface area contributed by atoms with Crippen molar-refractivity contribution in [2.45, 2.75) is 39.5 Å². The molecule has 0 amide bonds. The fourth-order valence-corrected chi connectivity index (χ4v) is 3.40. The highest BCUT2D eigenvalue weighted by Crippen LogP contribution is 2.45. The molecule has 0 heteroatoms. The van der Waals surface area contributed by atoms with Gasteiger partial charge in [0, 0.05) is 0 Å². The molecule has 0 N–H and O–H groups in total. The van der Waals surface area contributed by atoms with Gasteiger partial charge in [-0.25, -0.2) is 0 Å². The summed E-state index contributed by atoms with van der Waals surface area (Å²) in [4.78, 5) is 0. The third-order valence-corrected chi connectivity index (χ3v) is 5.02. The van der Waals surface area contributed by atoms with Gasteiger partial charge in [0.05, 0.1) is 0 Å². The van der Waals surface area contributed by atoms with E-state index in [9.17, 15) is 0 Å². The number of benzene rings is 1. The normalized spacial score (nSPS) is 30.9. The predicted octanol–water partition coefficient (Wildman–Crippen LogP) is 5.67. The van der Waals surface area contributed by atoms with Gasteiger partial charge in [0.2, 0.25) is 0 Å². The number of hydrogen-bond donors (Lipinski definition) is 0. The van der Waals surface area contributed by atoms with E-state index in [0.717, 1.165) is 11.8 Å². The van der Waals surface area contributed by atoms with Gasteiger partial charge in [0.15, 0.2) is 0 Å². The summed E-state index contributed by atoms with van der Waals surface area (Å²) in [5.74, 6) is 2.89. The van der Waals surface area contributed by atoms with E-state index in [0.29, 0.717) is 11.8 Å². The molecule has 0 radical (unpaired) electrons. The average molecular weight is 254 g/mol. The first-order chi connectivity index (χ1) is 9.02. The van der Waals surface area contributed by atoms with Gasteiger partial charge in [-0.05, 0) is 54.6 Å². The highest BCUT2D eigenvalue weighted by Gasteiger charge is 2.33. The van der Waals surface area contributed by atoms with Crippen molar-refractivity contribution in [1.29, 1.82) is 0 Å². The van der Waals surface area contributed by atoms with Crippen LogP contribution in [0.2, 0.25) is 0 Å². The standard InChI is InChI=1S/C19H26/c1-6-16-7-9-17(10-8-16)19-12-18(13(2)3)11-14(4)15(19)5/h6-10,14-15,18-19H,1-2,11-12H2,3-5H3/t14?,15?,18-,19?/m0/s1. The highest BCUT2D eigenvalue weighted by molar-refractivity contribution is 5.47. The summed E-state index contributed by atoms with van der Waals surface area (Å²) in [7, 11) is 0. The minimum atomic E-state index is 0.671. The molecule has 0 nitrogen and oxygen atoms in total. The molecule has 1 aromatic rings. The summed E-state index contributed by atoms with van der Waals surface area (Å²) in [6.07, 6.45) is 4.47. The Morgan fingerprint density at radius 3 is 2.32 bits per heavy atom. The maximum absolute atomic E-state index is 4.18. The lowest BCUT2D eigenvalue weighted by Gasteiger charge is -2.39. The summed E-state index contributed by atoms with van der Waals surface area (Å²) in [6.45, 7) is 15.0. The summed E-state index contributed by atoms with van der Waals surface area (Å²) in [6, 6.07) is 8.94. The van der Waals surface area contributed by atoms with Gasteiger partial charge < -0.3 is 0 Å². The van der Waals surface area contributed by atoms with Crippen molar-refractivity contribution in [2.75, 3.05) is 0 Å². The minimum absolute atomic E-state index is 0.671. The molecule has 3 unspecified atom stereocenters. The first-order valence-corrected chi connectivity index (χ1v) is 7.40. The smallest absolute Gasteiger partial charge is 0.0128 e. The Balaban J connectivity index is 2.24. The maximum atomic E-state index is 4.18. The molecule has 0 aliphatic heterocycles. The predicted molar refractivity (Wildman–Crippen MR) is 85.1 cm³/mol. The SMILES string of the molecule is C=Cc1ccc(C2C[C@@H](C(=C)C)CC(C)C2C)cc1. The lowest BCUT2D eigenvalue weighted by molar-refractivity contribution is 0.195. The van der Waals surface area contributed by atoms with Gasteiger partial charge in [-0.3, -0.25) is 0 Å². The van der Waals surface area contributed by atoms with Crippen molar-refractivity contribution in [1.82, 2.24) is 0 Å². The summed E-state index contributed by atoms with van der Waals surface area (Å²) in [5.41, 5.74) is 4.04. The Hall–Kier alpha value is -1.30. The fourth-order valence-electron chi connectivity index (χ4n) is 3.40. The van der Waals surface area contributed by atoms with E-state index in [2.05, 4.69) is 58.2 Å². The van der Waals surface area contributed by atoms with E-state index >= 15 is 0 Å². The Labute approximate surface area is 118 Å².